The predicted molar refractivity (Wildman–Crippen MR) is 67.1 cm³/mol. The molecule has 0 saturated carbocycles. The topological polar surface area (TPSA) is 78.4 Å². The SMILES string of the molecule is CCNc1nc(OCC)nc(OC(C)COC)n1. The molecule has 1 aromatic heterocycles. The molecular weight excluding hydrogens is 236 g/mol. The average molecular weight is 256 g/mol. The van der Waals surface area contributed by atoms with Crippen LogP contribution in [-0.4, -0.2) is 47.9 Å². The third-order valence-electron chi connectivity index (χ3n) is 1.91. The Morgan fingerprint density at radius 3 is 2.50 bits per heavy atom. The Morgan fingerprint density at radius 2 is 1.89 bits per heavy atom. The molecule has 1 heterocycles. The van der Waals surface area contributed by atoms with Gasteiger partial charge in [-0.05, 0) is 20.8 Å². The Morgan fingerprint density at radius 1 is 1.17 bits per heavy atom. The van der Waals surface area contributed by atoms with Crippen LogP contribution in [0.15, 0.2) is 0 Å². The standard InChI is InChI=1S/C11H20N4O3/c1-5-12-9-13-10(17-6-2)15-11(14-9)18-8(3)7-16-4/h8H,5-7H2,1-4H3,(H,12,13,14,15). The van der Waals surface area contributed by atoms with Crippen molar-refractivity contribution in [3.8, 4) is 12.0 Å². The first-order valence-corrected chi connectivity index (χ1v) is 5.97. The van der Waals surface area contributed by atoms with Crippen molar-refractivity contribution in [2.24, 2.45) is 0 Å². The van der Waals surface area contributed by atoms with E-state index in [9.17, 15) is 0 Å². The number of nitrogens with zero attached hydrogens (tertiary/aromatic N) is 3. The summed E-state index contributed by atoms with van der Waals surface area (Å²) in [7, 11) is 1.61. The van der Waals surface area contributed by atoms with Crippen molar-refractivity contribution in [2.75, 3.05) is 32.2 Å². The van der Waals surface area contributed by atoms with E-state index in [1.807, 2.05) is 20.8 Å². The molecule has 0 aliphatic carbocycles. The van der Waals surface area contributed by atoms with E-state index in [0.717, 1.165) is 0 Å². The van der Waals surface area contributed by atoms with E-state index < -0.39 is 0 Å². The molecule has 1 rings (SSSR count). The smallest absolute Gasteiger partial charge is 0.324 e. The van der Waals surface area contributed by atoms with E-state index in [4.69, 9.17) is 14.2 Å². The van der Waals surface area contributed by atoms with Crippen molar-refractivity contribution in [2.45, 2.75) is 26.9 Å². The Hall–Kier alpha value is -1.63. The maximum Gasteiger partial charge on any atom is 0.324 e. The molecule has 0 aromatic carbocycles. The highest BCUT2D eigenvalue weighted by Gasteiger charge is 2.11. The van der Waals surface area contributed by atoms with Crippen LogP contribution in [0.2, 0.25) is 0 Å². The summed E-state index contributed by atoms with van der Waals surface area (Å²) in [6.45, 7) is 7.36. The summed E-state index contributed by atoms with van der Waals surface area (Å²) in [4.78, 5) is 12.3. The average Bonchev–Trinajstić information content (AvgIpc) is 2.29. The number of methoxy groups -OCH3 is 1. The van der Waals surface area contributed by atoms with Crippen molar-refractivity contribution < 1.29 is 14.2 Å². The van der Waals surface area contributed by atoms with E-state index >= 15 is 0 Å². The van der Waals surface area contributed by atoms with Gasteiger partial charge in [0, 0.05) is 13.7 Å². The minimum Gasteiger partial charge on any atom is -0.464 e. The Labute approximate surface area is 107 Å². The third kappa shape index (κ3) is 4.70. The van der Waals surface area contributed by atoms with Crippen LogP contribution in [0.3, 0.4) is 0 Å². The largest absolute Gasteiger partial charge is 0.464 e. The first-order chi connectivity index (χ1) is 8.69. The van der Waals surface area contributed by atoms with Gasteiger partial charge < -0.3 is 19.5 Å². The maximum atomic E-state index is 5.52. The van der Waals surface area contributed by atoms with E-state index in [-0.39, 0.29) is 18.1 Å². The fourth-order valence-corrected chi connectivity index (χ4v) is 1.27. The number of nitrogens with one attached hydrogen (secondary N) is 1. The second-order valence-electron chi connectivity index (χ2n) is 3.57. The maximum absolute atomic E-state index is 5.52. The summed E-state index contributed by atoms with van der Waals surface area (Å²) >= 11 is 0. The lowest BCUT2D eigenvalue weighted by atomic mass is 10.4. The number of hydrogen-bond donors (Lipinski definition) is 1. The fraction of sp³-hybridized carbons (Fsp3) is 0.727. The highest BCUT2D eigenvalue weighted by molar-refractivity contribution is 5.27. The molecule has 0 saturated heterocycles. The van der Waals surface area contributed by atoms with Crippen molar-refractivity contribution >= 4 is 5.95 Å². The van der Waals surface area contributed by atoms with Crippen LogP contribution in [0.25, 0.3) is 0 Å². The molecule has 0 amide bonds. The van der Waals surface area contributed by atoms with Gasteiger partial charge in [0.1, 0.15) is 6.10 Å². The molecule has 0 spiro atoms. The summed E-state index contributed by atoms with van der Waals surface area (Å²) in [6.07, 6.45) is -0.138. The highest BCUT2D eigenvalue weighted by atomic mass is 16.5. The first-order valence-electron chi connectivity index (χ1n) is 5.97. The van der Waals surface area contributed by atoms with Crippen LogP contribution in [0.1, 0.15) is 20.8 Å². The van der Waals surface area contributed by atoms with Gasteiger partial charge in [0.05, 0.1) is 13.2 Å². The number of rotatable bonds is 8. The fourth-order valence-electron chi connectivity index (χ4n) is 1.27. The lowest BCUT2D eigenvalue weighted by molar-refractivity contribution is 0.0846. The quantitative estimate of drug-likeness (QED) is 0.746. The summed E-state index contributed by atoms with van der Waals surface area (Å²) in [6, 6.07) is 0.483. The lowest BCUT2D eigenvalue weighted by Gasteiger charge is -2.13. The lowest BCUT2D eigenvalue weighted by Crippen LogP contribution is -2.20. The minimum atomic E-state index is -0.138. The van der Waals surface area contributed by atoms with Gasteiger partial charge in [-0.15, -0.1) is 4.98 Å². The van der Waals surface area contributed by atoms with Crippen LogP contribution in [0.4, 0.5) is 5.95 Å². The van der Waals surface area contributed by atoms with Gasteiger partial charge in [-0.25, -0.2) is 0 Å². The van der Waals surface area contributed by atoms with Gasteiger partial charge in [0.15, 0.2) is 0 Å². The molecule has 1 N–H and O–H groups in total. The molecule has 102 valence electrons. The summed E-state index contributed by atoms with van der Waals surface area (Å²) in [5.74, 6) is 0.440. The summed E-state index contributed by atoms with van der Waals surface area (Å²) < 4.78 is 15.8. The van der Waals surface area contributed by atoms with Crippen molar-refractivity contribution in [3.05, 3.63) is 0 Å². The molecule has 0 aliphatic rings. The van der Waals surface area contributed by atoms with Gasteiger partial charge >= 0.3 is 12.0 Å². The van der Waals surface area contributed by atoms with Crippen LogP contribution < -0.4 is 14.8 Å². The molecule has 0 fully saturated rings. The van der Waals surface area contributed by atoms with Crippen LogP contribution in [0, 0.1) is 0 Å². The van der Waals surface area contributed by atoms with Crippen LogP contribution >= 0.6 is 0 Å². The zero-order valence-corrected chi connectivity index (χ0v) is 11.3. The summed E-state index contributed by atoms with van der Waals surface area (Å²) in [5.41, 5.74) is 0. The normalized spacial score (nSPS) is 12.0. The number of anilines is 1. The number of ether oxygens (including phenoxy) is 3. The second kappa shape index (κ2) is 7.65. The molecule has 1 atom stereocenters. The predicted octanol–water partition coefficient (Wildman–Crippen LogP) is 1.12. The highest BCUT2D eigenvalue weighted by Crippen LogP contribution is 2.14. The summed E-state index contributed by atoms with van der Waals surface area (Å²) in [5, 5.41) is 3.00. The molecule has 0 radical (unpaired) electrons. The van der Waals surface area contributed by atoms with Crippen molar-refractivity contribution in [1.29, 1.82) is 0 Å². The first kappa shape index (κ1) is 14.4. The Balaban J connectivity index is 2.81. The monoisotopic (exact) mass is 256 g/mol. The van der Waals surface area contributed by atoms with E-state index in [0.29, 0.717) is 25.7 Å². The molecule has 1 aromatic rings. The Kier molecular flexibility index (Phi) is 6.13. The number of hydrogen-bond acceptors (Lipinski definition) is 7. The van der Waals surface area contributed by atoms with E-state index in [2.05, 4.69) is 20.3 Å². The van der Waals surface area contributed by atoms with Gasteiger partial charge in [0.25, 0.3) is 0 Å². The zero-order chi connectivity index (χ0) is 13.4. The van der Waals surface area contributed by atoms with E-state index in [1.54, 1.807) is 7.11 Å². The minimum absolute atomic E-state index is 0.138. The molecular formula is C11H20N4O3. The zero-order valence-electron chi connectivity index (χ0n) is 11.3. The molecule has 0 aliphatic heterocycles. The van der Waals surface area contributed by atoms with Gasteiger partial charge in [-0.2, -0.15) is 9.97 Å². The van der Waals surface area contributed by atoms with E-state index in [1.165, 1.54) is 0 Å². The third-order valence-corrected chi connectivity index (χ3v) is 1.91. The molecule has 1 unspecified atom stereocenters. The van der Waals surface area contributed by atoms with Crippen molar-refractivity contribution in [3.63, 3.8) is 0 Å². The van der Waals surface area contributed by atoms with Crippen LogP contribution in [0.5, 0.6) is 12.0 Å². The second-order valence-corrected chi connectivity index (χ2v) is 3.57. The van der Waals surface area contributed by atoms with Crippen molar-refractivity contribution in [1.82, 2.24) is 15.0 Å². The van der Waals surface area contributed by atoms with Gasteiger partial charge in [-0.3, -0.25) is 0 Å². The molecule has 7 heteroatoms. The Bertz CT molecular complexity index is 338. The van der Waals surface area contributed by atoms with Gasteiger partial charge in [-0.1, -0.05) is 0 Å². The number of aromatic nitrogens is 3. The molecule has 7 nitrogen and oxygen atoms in total. The van der Waals surface area contributed by atoms with Crippen LogP contribution in [-0.2, 0) is 4.74 Å². The van der Waals surface area contributed by atoms with Gasteiger partial charge in [0.2, 0.25) is 5.95 Å². The molecule has 0 bridgehead atoms. The molecule has 18 heavy (non-hydrogen) atoms.